The van der Waals surface area contributed by atoms with Gasteiger partial charge in [0.25, 0.3) is 0 Å². The predicted molar refractivity (Wildman–Crippen MR) is 126 cm³/mol. The highest BCUT2D eigenvalue weighted by molar-refractivity contribution is 7.15. The van der Waals surface area contributed by atoms with Gasteiger partial charge in [-0.2, -0.15) is 0 Å². The van der Waals surface area contributed by atoms with Crippen molar-refractivity contribution in [2.24, 2.45) is 5.92 Å². The summed E-state index contributed by atoms with van der Waals surface area (Å²) in [6.45, 7) is 4.25. The monoisotopic (exact) mass is 448 g/mol. The lowest BCUT2D eigenvalue weighted by atomic mass is 10.0. The fourth-order valence-electron chi connectivity index (χ4n) is 3.83. The SMILES string of the molecule is CCOC(=O)c1c(-c2ccccc2)csc1NC(=O)C1CC(=O)N(c2cccc(C)c2)C1. The number of hydrogen-bond acceptors (Lipinski definition) is 5. The Kier molecular flexibility index (Phi) is 6.37. The van der Waals surface area contributed by atoms with Gasteiger partial charge in [-0.3, -0.25) is 9.59 Å². The van der Waals surface area contributed by atoms with Crippen molar-refractivity contribution in [1.29, 1.82) is 0 Å². The Morgan fingerprint density at radius 1 is 1.16 bits per heavy atom. The van der Waals surface area contributed by atoms with E-state index in [0.717, 1.165) is 16.8 Å². The van der Waals surface area contributed by atoms with Crippen LogP contribution in [0.1, 0.15) is 29.3 Å². The molecule has 0 radical (unpaired) electrons. The Balaban J connectivity index is 1.56. The van der Waals surface area contributed by atoms with Crippen molar-refractivity contribution in [3.8, 4) is 11.1 Å². The number of carbonyl (C=O) groups excluding carboxylic acids is 3. The van der Waals surface area contributed by atoms with Gasteiger partial charge in [0.15, 0.2) is 0 Å². The van der Waals surface area contributed by atoms with Gasteiger partial charge in [0.05, 0.1) is 12.5 Å². The lowest BCUT2D eigenvalue weighted by Gasteiger charge is -2.17. The summed E-state index contributed by atoms with van der Waals surface area (Å²) < 4.78 is 5.25. The lowest BCUT2D eigenvalue weighted by Crippen LogP contribution is -2.28. The number of aryl methyl sites for hydroxylation is 1. The van der Waals surface area contributed by atoms with E-state index in [1.54, 1.807) is 11.8 Å². The number of esters is 1. The number of anilines is 2. The molecule has 7 heteroatoms. The molecule has 6 nitrogen and oxygen atoms in total. The highest BCUT2D eigenvalue weighted by Gasteiger charge is 2.36. The highest BCUT2D eigenvalue weighted by atomic mass is 32.1. The number of benzene rings is 2. The summed E-state index contributed by atoms with van der Waals surface area (Å²) in [5.41, 5.74) is 3.77. The number of nitrogens with one attached hydrogen (secondary N) is 1. The molecule has 1 saturated heterocycles. The van der Waals surface area contributed by atoms with E-state index in [9.17, 15) is 14.4 Å². The number of thiophene rings is 1. The summed E-state index contributed by atoms with van der Waals surface area (Å²) in [7, 11) is 0. The quantitative estimate of drug-likeness (QED) is 0.545. The highest BCUT2D eigenvalue weighted by Crippen LogP contribution is 2.37. The second kappa shape index (κ2) is 9.36. The Hall–Kier alpha value is -3.45. The van der Waals surface area contributed by atoms with E-state index >= 15 is 0 Å². The summed E-state index contributed by atoms with van der Waals surface area (Å²) in [4.78, 5) is 40.0. The smallest absolute Gasteiger partial charge is 0.341 e. The zero-order chi connectivity index (χ0) is 22.7. The van der Waals surface area contributed by atoms with Crippen molar-refractivity contribution >= 4 is 39.8 Å². The maximum absolute atomic E-state index is 13.0. The maximum atomic E-state index is 13.0. The average Bonchev–Trinajstić information content (AvgIpc) is 3.38. The van der Waals surface area contributed by atoms with Gasteiger partial charge in [-0.15, -0.1) is 11.3 Å². The third-order valence-corrected chi connectivity index (χ3v) is 6.30. The molecule has 1 aromatic heterocycles. The topological polar surface area (TPSA) is 75.7 Å². The van der Waals surface area contributed by atoms with Crippen LogP contribution >= 0.6 is 11.3 Å². The molecule has 2 heterocycles. The van der Waals surface area contributed by atoms with Gasteiger partial charge >= 0.3 is 5.97 Å². The summed E-state index contributed by atoms with van der Waals surface area (Å²) >= 11 is 1.28. The Bertz CT molecular complexity index is 1160. The van der Waals surface area contributed by atoms with Crippen molar-refractivity contribution < 1.29 is 19.1 Å². The predicted octanol–water partition coefficient (Wildman–Crippen LogP) is 4.89. The van der Waals surface area contributed by atoms with Crippen LogP contribution in [0.3, 0.4) is 0 Å². The minimum atomic E-state index is -0.500. The first-order valence-corrected chi connectivity index (χ1v) is 11.4. The molecule has 1 aliphatic rings. The summed E-state index contributed by atoms with van der Waals surface area (Å²) in [5, 5.41) is 5.17. The molecule has 32 heavy (non-hydrogen) atoms. The molecule has 0 aliphatic carbocycles. The van der Waals surface area contributed by atoms with E-state index in [4.69, 9.17) is 4.74 Å². The van der Waals surface area contributed by atoms with E-state index < -0.39 is 11.9 Å². The van der Waals surface area contributed by atoms with E-state index in [2.05, 4.69) is 5.32 Å². The van der Waals surface area contributed by atoms with Crippen LogP contribution in [-0.4, -0.2) is 30.9 Å². The van der Waals surface area contributed by atoms with Gasteiger partial charge in [-0.25, -0.2) is 4.79 Å². The Labute approximate surface area is 190 Å². The normalized spacial score (nSPS) is 15.6. The van der Waals surface area contributed by atoms with Crippen LogP contribution in [0.25, 0.3) is 11.1 Å². The second-order valence-electron chi connectivity index (χ2n) is 7.67. The van der Waals surface area contributed by atoms with E-state index in [1.165, 1.54) is 11.3 Å². The molecule has 0 saturated carbocycles. The summed E-state index contributed by atoms with van der Waals surface area (Å²) in [6.07, 6.45) is 0.130. The number of hydrogen-bond donors (Lipinski definition) is 1. The second-order valence-corrected chi connectivity index (χ2v) is 8.55. The van der Waals surface area contributed by atoms with Gasteiger partial charge < -0.3 is 15.0 Å². The van der Waals surface area contributed by atoms with E-state index in [1.807, 2.05) is 66.9 Å². The lowest BCUT2D eigenvalue weighted by molar-refractivity contribution is -0.122. The molecular formula is C25H24N2O4S. The van der Waals surface area contributed by atoms with Gasteiger partial charge in [0, 0.05) is 29.6 Å². The van der Waals surface area contributed by atoms with Crippen molar-refractivity contribution in [1.82, 2.24) is 0 Å². The van der Waals surface area contributed by atoms with E-state index in [-0.39, 0.29) is 24.8 Å². The molecule has 2 amide bonds. The first-order chi connectivity index (χ1) is 15.5. The third kappa shape index (κ3) is 4.43. The zero-order valence-corrected chi connectivity index (χ0v) is 18.8. The van der Waals surface area contributed by atoms with Crippen LogP contribution in [0.15, 0.2) is 60.0 Å². The third-order valence-electron chi connectivity index (χ3n) is 5.40. The Morgan fingerprint density at radius 3 is 2.66 bits per heavy atom. The maximum Gasteiger partial charge on any atom is 0.341 e. The van der Waals surface area contributed by atoms with Gasteiger partial charge in [-0.05, 0) is 37.1 Å². The number of ether oxygens (including phenoxy) is 1. The van der Waals surface area contributed by atoms with Crippen molar-refractivity contribution in [3.63, 3.8) is 0 Å². The zero-order valence-electron chi connectivity index (χ0n) is 18.0. The van der Waals surface area contributed by atoms with Gasteiger partial charge in [-0.1, -0.05) is 42.5 Å². The summed E-state index contributed by atoms with van der Waals surface area (Å²) in [5.74, 6) is -1.34. The fourth-order valence-corrected chi connectivity index (χ4v) is 4.79. The first-order valence-electron chi connectivity index (χ1n) is 10.5. The first kappa shape index (κ1) is 21.8. The van der Waals surface area contributed by atoms with Crippen LogP contribution in [-0.2, 0) is 14.3 Å². The van der Waals surface area contributed by atoms with Crippen molar-refractivity contribution in [2.75, 3.05) is 23.4 Å². The standard InChI is InChI=1S/C25H24N2O4S/c1-3-31-25(30)22-20(17-9-5-4-6-10-17)15-32-24(22)26-23(29)18-13-21(28)27(14-18)19-11-7-8-16(2)12-19/h4-12,15,18H,3,13-14H2,1-2H3,(H,26,29). The molecule has 0 bridgehead atoms. The van der Waals surface area contributed by atoms with Gasteiger partial charge in [0.1, 0.15) is 10.6 Å². The molecule has 4 rings (SSSR count). The number of amides is 2. The van der Waals surface area contributed by atoms with Crippen molar-refractivity contribution in [3.05, 3.63) is 71.1 Å². The average molecular weight is 449 g/mol. The van der Waals surface area contributed by atoms with Crippen LogP contribution in [0.2, 0.25) is 0 Å². The molecule has 1 aliphatic heterocycles. The molecule has 0 spiro atoms. The minimum Gasteiger partial charge on any atom is -0.462 e. The molecule has 1 unspecified atom stereocenters. The molecule has 164 valence electrons. The molecule has 1 N–H and O–H groups in total. The Morgan fingerprint density at radius 2 is 1.94 bits per heavy atom. The molecule has 3 aromatic rings. The molecule has 2 aromatic carbocycles. The number of rotatable bonds is 6. The largest absolute Gasteiger partial charge is 0.462 e. The van der Waals surface area contributed by atoms with Crippen LogP contribution in [0.4, 0.5) is 10.7 Å². The van der Waals surface area contributed by atoms with Gasteiger partial charge in [0.2, 0.25) is 11.8 Å². The molecule has 1 fully saturated rings. The summed E-state index contributed by atoms with van der Waals surface area (Å²) in [6, 6.07) is 17.2. The number of nitrogens with zero attached hydrogens (tertiary/aromatic N) is 1. The molecule has 1 atom stereocenters. The molecular weight excluding hydrogens is 424 g/mol. The fraction of sp³-hybridized carbons (Fsp3) is 0.240. The van der Waals surface area contributed by atoms with Crippen LogP contribution in [0, 0.1) is 12.8 Å². The number of carbonyl (C=O) groups is 3. The van der Waals surface area contributed by atoms with Crippen molar-refractivity contribution in [2.45, 2.75) is 20.3 Å². The van der Waals surface area contributed by atoms with Crippen LogP contribution < -0.4 is 10.2 Å². The van der Waals surface area contributed by atoms with Crippen LogP contribution in [0.5, 0.6) is 0 Å². The van der Waals surface area contributed by atoms with E-state index in [0.29, 0.717) is 22.7 Å². The minimum absolute atomic E-state index is 0.0856.